The number of Topliss-reactive ketones (excluding diaryl/α,β-unsaturated/α-hetero) is 1. The smallest absolute Gasteiger partial charge is 0.349 e. The molecular weight excluding hydrogens is 1060 g/mol. The normalized spacial score (nSPS) is 14.7. The molecule has 0 aliphatic carbocycles. The molecule has 35 heteroatoms. The van der Waals surface area contributed by atoms with Gasteiger partial charge in [-0.3, -0.25) is 43.8 Å². The molecule has 0 saturated heterocycles. The number of nitrogens with zero attached hydrogens (tertiary/aromatic N) is 6. The summed E-state index contributed by atoms with van der Waals surface area (Å²) in [5.74, 6) is -0.600. The second-order valence-electron chi connectivity index (χ2n) is 16.9. The number of carbonyl (C=O) groups excluding carboxylic acids is 1. The van der Waals surface area contributed by atoms with E-state index < -0.39 is 127 Å². The Morgan fingerprint density at radius 2 is 1.03 bits per heavy atom. The van der Waals surface area contributed by atoms with E-state index in [1.807, 2.05) is 23.8 Å². The topological polar surface area (TPSA) is 565 Å². The number of nitrogens with two attached hydrogens (primary N) is 1. The molecule has 2 aromatic rings. The van der Waals surface area contributed by atoms with Crippen LogP contribution in [0.15, 0.2) is 40.9 Å². The van der Waals surface area contributed by atoms with Gasteiger partial charge in [0.1, 0.15) is 66.4 Å². The van der Waals surface area contributed by atoms with Crippen molar-refractivity contribution in [3.8, 4) is 23.0 Å². The summed E-state index contributed by atoms with van der Waals surface area (Å²) < 4.78 is 2.77. The number of aliphatic hydroxyl groups excluding tert-OH is 14. The third kappa shape index (κ3) is 18.8. The lowest BCUT2D eigenvalue weighted by Gasteiger charge is -2.25. The summed E-state index contributed by atoms with van der Waals surface area (Å²) in [6.07, 6.45) is -15.0. The number of rotatable bonds is 18. The van der Waals surface area contributed by atoms with Crippen molar-refractivity contribution >= 4 is 36.7 Å². The average Bonchev–Trinajstić information content (AvgIpc) is 3.37. The molecule has 6 rings (SSSR count). The Hall–Kier alpha value is -7.10. The Labute approximate surface area is 446 Å². The van der Waals surface area contributed by atoms with Crippen LogP contribution in [-0.4, -0.2) is 229 Å². The van der Waals surface area contributed by atoms with Gasteiger partial charge in [-0.2, -0.15) is 9.97 Å². The quantitative estimate of drug-likeness (QED) is 0.0281. The molecule has 0 saturated carbocycles. The van der Waals surface area contributed by atoms with Gasteiger partial charge in [0.25, 0.3) is 16.7 Å². The van der Waals surface area contributed by atoms with Gasteiger partial charge in [-0.1, -0.05) is 7.43 Å². The van der Waals surface area contributed by atoms with Gasteiger partial charge in [0.15, 0.2) is 28.8 Å². The Bertz CT molecular complexity index is 3210. The van der Waals surface area contributed by atoms with E-state index in [1.54, 1.807) is 26.0 Å². The molecule has 0 amide bonds. The van der Waals surface area contributed by atoms with Crippen molar-refractivity contribution in [3.63, 3.8) is 0 Å². The fourth-order valence-corrected chi connectivity index (χ4v) is 6.56. The summed E-state index contributed by atoms with van der Waals surface area (Å²) in [6.45, 7) is 4.77. The van der Waals surface area contributed by atoms with Gasteiger partial charge >= 0.3 is 17.1 Å². The third-order valence-electron chi connectivity index (χ3n) is 11.3. The first kappa shape index (κ1) is 71.9. The second-order valence-corrected chi connectivity index (χ2v) is 16.9. The number of benzene rings is 1. The minimum atomic E-state index is -1.64. The van der Waals surface area contributed by atoms with Crippen LogP contribution in [0.1, 0.15) is 36.9 Å². The number of nitrogen functional groups attached to an aromatic ring is 1. The zero-order chi connectivity index (χ0) is 57.6. The Morgan fingerprint density at radius 3 is 1.47 bits per heavy atom. The molecule has 3 radical (unpaired) electrons. The average molecular weight is 1130 g/mol. The summed E-state index contributed by atoms with van der Waals surface area (Å²) in [7, 11) is 0. The maximum atomic E-state index is 12.2. The molecule has 21 N–H and O–H groups in total. The first-order chi connectivity index (χ1) is 35.5. The van der Waals surface area contributed by atoms with E-state index in [4.69, 9.17) is 36.4 Å². The number of halogens is 1. The number of hydrogen-bond donors (Lipinski definition) is 20. The summed E-state index contributed by atoms with van der Waals surface area (Å²) in [5, 5.41) is 132. The molecule has 79 heavy (non-hydrogen) atoms. The van der Waals surface area contributed by atoms with Gasteiger partial charge in [-0.05, 0) is 57.9 Å². The van der Waals surface area contributed by atoms with Gasteiger partial charge in [0.2, 0.25) is 0 Å². The molecule has 10 atom stereocenters. The number of aromatic amines is 4. The van der Waals surface area contributed by atoms with Crippen molar-refractivity contribution in [2.24, 2.45) is 0 Å². The molecule has 0 spiro atoms. The Kier molecular flexibility index (Phi) is 29.2. The number of anilines is 2. The van der Waals surface area contributed by atoms with Gasteiger partial charge in [0.05, 0.1) is 62.3 Å². The number of aryl methyl sites for hydroxylation is 3. The van der Waals surface area contributed by atoms with Gasteiger partial charge in [0, 0.05) is 20.7 Å². The van der Waals surface area contributed by atoms with Crippen molar-refractivity contribution < 1.29 is 81.0 Å². The van der Waals surface area contributed by atoms with Crippen molar-refractivity contribution in [2.45, 2.75) is 116 Å². The standard InChI is InChI=1S/C17H20N4O6.C13H18N4O6.C9H16N4O6.C4H8O3.CH4.B.FH/c1-7-3-9-10(4-8(7)2)21(5-11(23)14(25)12(24)6-22)15-13(18-9)16(26)20-17(27)19-15;1-5-6(2)17(3-7(19)10(21)8(20)4-18)11-9(14-5)12(22)16-13(23)15-11;10-5-7(12-9(19)13-8(5)18)11-1-3(15)6(17)4(16)2-14;1-3(6)4(7)2-5;;;/h3-4,11-12,14,22-25H,5-6H2,1-2H3,(H,20,26,27);7-8,10,18-21H,3-4H2,1-2H3,(H,16,22,23);3-4,6,14-17H,1-2,10H2,(H3,11,12,13,18,19);4-5,7H,2H2,1H3;1H4;;1H. The van der Waals surface area contributed by atoms with Crippen LogP contribution in [0, 0.1) is 27.7 Å². The van der Waals surface area contributed by atoms with Crippen LogP contribution in [-0.2, 0) is 17.9 Å². The molecule has 4 aliphatic heterocycles. The molecule has 33 nitrogen and oxygen atoms in total. The predicted octanol–water partition coefficient (Wildman–Crippen LogP) is -9.13. The second kappa shape index (κ2) is 32.1. The number of aromatic nitrogens is 10. The van der Waals surface area contributed by atoms with E-state index in [2.05, 4.69) is 35.2 Å². The van der Waals surface area contributed by atoms with Crippen molar-refractivity contribution in [1.29, 1.82) is 0 Å². The molecule has 10 unspecified atom stereocenters. The number of ketones is 1. The third-order valence-corrected chi connectivity index (χ3v) is 11.3. The number of nitrogens with one attached hydrogen (secondary N) is 5. The zero-order valence-electron chi connectivity index (χ0n) is 42.2. The largest absolute Gasteiger partial charge is 0.394 e. The molecule has 4 aliphatic rings. The van der Waals surface area contributed by atoms with Gasteiger partial charge < -0.3 is 91.7 Å². The van der Waals surface area contributed by atoms with E-state index in [-0.39, 0.29) is 74.7 Å². The lowest BCUT2D eigenvalue weighted by molar-refractivity contribution is -0.126. The van der Waals surface area contributed by atoms with E-state index in [0.717, 1.165) is 11.1 Å². The SMILES string of the molecule is C.CC(=O)C(O)CO.Cc1cc2nc3c(=O)[nH]c(=O)nc-3n(CC(O)C(O)C(O)CO)c2cc1C.Cc1nc2c(=O)[nH]c(=O)nc-2n(CC(O)C(O)C(O)CO)c1C.F.Nc1c(NCC(O)C(O)C(O)CO)[nH]c(=O)[nH]c1=O.[B]. The number of H-pyrrole nitrogens is 4. The highest BCUT2D eigenvalue weighted by atomic mass is 19.0. The molecule has 0 fully saturated rings. The lowest BCUT2D eigenvalue weighted by atomic mass is 10.1. The number of fused-ring (bicyclic) bond motifs is 3. The fraction of sp³-hybridized carbons (Fsp3) is 0.523. The van der Waals surface area contributed by atoms with Gasteiger partial charge in [-0.15, -0.1) is 0 Å². The minimum absolute atomic E-state index is 0. The van der Waals surface area contributed by atoms with E-state index in [9.17, 15) is 74.4 Å². The Balaban J connectivity index is 0.00000108. The number of carbonyl (C=O) groups is 1. The van der Waals surface area contributed by atoms with E-state index >= 15 is 0 Å². The van der Waals surface area contributed by atoms with E-state index in [0.29, 0.717) is 22.4 Å². The lowest BCUT2D eigenvalue weighted by Crippen LogP contribution is -2.43. The number of hydrogen-bond acceptors (Lipinski definition) is 27. The molecule has 0 bridgehead atoms. The van der Waals surface area contributed by atoms with Crippen molar-refractivity contribution in [2.75, 3.05) is 44.0 Å². The molecule has 1 aromatic heterocycles. The van der Waals surface area contributed by atoms with Gasteiger partial charge in [-0.25, -0.2) is 24.4 Å². The molecular formula is C44H67BFN12O21. The Morgan fingerprint density at radius 1 is 0.595 bits per heavy atom. The summed E-state index contributed by atoms with van der Waals surface area (Å²) in [4.78, 5) is 103. The van der Waals surface area contributed by atoms with Crippen LogP contribution >= 0.6 is 0 Å². The highest BCUT2D eigenvalue weighted by Crippen LogP contribution is 2.25. The first-order valence-electron chi connectivity index (χ1n) is 22.5. The van der Waals surface area contributed by atoms with Crippen LogP contribution in [0.4, 0.5) is 16.2 Å². The van der Waals surface area contributed by atoms with Crippen LogP contribution < -0.4 is 44.8 Å². The minimum Gasteiger partial charge on any atom is -0.394 e. The molecule has 439 valence electrons. The van der Waals surface area contributed by atoms with Crippen LogP contribution in [0.25, 0.3) is 34.1 Å². The summed E-state index contributed by atoms with van der Waals surface area (Å²) >= 11 is 0. The highest BCUT2D eigenvalue weighted by Gasteiger charge is 2.30. The molecule has 1 aromatic carbocycles. The first-order valence-corrected chi connectivity index (χ1v) is 22.5. The highest BCUT2D eigenvalue weighted by molar-refractivity contribution is 5.81. The van der Waals surface area contributed by atoms with Crippen molar-refractivity contribution in [1.82, 2.24) is 49.0 Å². The monoisotopic (exact) mass is 1130 g/mol. The van der Waals surface area contributed by atoms with Crippen molar-refractivity contribution in [3.05, 3.63) is 97.2 Å². The fourth-order valence-electron chi connectivity index (χ4n) is 6.56. The molecule has 5 heterocycles. The maximum Gasteiger partial charge on any atom is 0.349 e. The maximum absolute atomic E-state index is 12.2. The number of aliphatic hydroxyl groups is 14. The van der Waals surface area contributed by atoms with Crippen LogP contribution in [0.3, 0.4) is 0 Å². The predicted molar refractivity (Wildman–Crippen MR) is 278 cm³/mol. The van der Waals surface area contributed by atoms with E-state index in [1.165, 1.54) is 16.1 Å². The van der Waals surface area contributed by atoms with Crippen LogP contribution in [0.2, 0.25) is 0 Å². The summed E-state index contributed by atoms with van der Waals surface area (Å²) in [6, 6.07) is 3.53. The van der Waals surface area contributed by atoms with Crippen LogP contribution in [0.5, 0.6) is 0 Å². The summed E-state index contributed by atoms with van der Waals surface area (Å²) in [5.41, 5.74) is 4.01. The zero-order valence-corrected chi connectivity index (χ0v) is 42.2.